The van der Waals surface area contributed by atoms with Gasteiger partial charge in [-0.1, -0.05) is 55.3 Å². The molecule has 0 aliphatic rings. The summed E-state index contributed by atoms with van der Waals surface area (Å²) in [5.41, 5.74) is 1.47. The average molecular weight is 542 g/mol. The Morgan fingerprint density at radius 1 is 1.00 bits per heavy atom. The van der Waals surface area contributed by atoms with Crippen molar-refractivity contribution in [1.82, 2.24) is 15.5 Å². The quantitative estimate of drug-likeness (QED) is 0.322. The molecule has 9 nitrogen and oxygen atoms in total. The predicted molar refractivity (Wildman–Crippen MR) is 150 cm³/mol. The number of phenols is 1. The van der Waals surface area contributed by atoms with Gasteiger partial charge < -0.3 is 30.5 Å². The Morgan fingerprint density at radius 3 is 2.15 bits per heavy atom. The minimum absolute atomic E-state index is 0.0703. The molecular weight excluding hydrogens is 498 g/mol. The van der Waals surface area contributed by atoms with E-state index in [-0.39, 0.29) is 37.3 Å². The summed E-state index contributed by atoms with van der Waals surface area (Å²) in [6.45, 7) is 10.5. The van der Waals surface area contributed by atoms with E-state index in [1.807, 2.05) is 32.9 Å². The maximum atomic E-state index is 14.1. The summed E-state index contributed by atoms with van der Waals surface area (Å²) >= 11 is 0. The van der Waals surface area contributed by atoms with Crippen molar-refractivity contribution in [3.8, 4) is 5.75 Å². The number of phenolic OH excluding ortho intramolecular Hbond substituents is 1. The van der Waals surface area contributed by atoms with Gasteiger partial charge in [0, 0.05) is 19.0 Å². The van der Waals surface area contributed by atoms with Crippen LogP contribution in [0.4, 0.5) is 4.79 Å². The second kappa shape index (κ2) is 14.5. The molecule has 0 spiro atoms. The number of carbonyl (C=O) groups is 3. The van der Waals surface area contributed by atoms with Gasteiger partial charge >= 0.3 is 6.09 Å². The number of rotatable bonds is 12. The number of alkyl carbamates (subject to hydrolysis) is 1. The Hall–Kier alpha value is -3.59. The van der Waals surface area contributed by atoms with Crippen LogP contribution in [0.3, 0.4) is 0 Å². The number of amides is 3. The second-order valence-corrected chi connectivity index (χ2v) is 10.8. The normalized spacial score (nSPS) is 13.6. The van der Waals surface area contributed by atoms with Crippen LogP contribution >= 0.6 is 0 Å². The zero-order valence-electron chi connectivity index (χ0n) is 23.9. The highest BCUT2D eigenvalue weighted by atomic mass is 16.6. The molecule has 3 atom stereocenters. The largest absolute Gasteiger partial charge is 0.508 e. The molecule has 0 fully saturated rings. The fourth-order valence-electron chi connectivity index (χ4n) is 4.24. The maximum absolute atomic E-state index is 14.1. The van der Waals surface area contributed by atoms with E-state index in [0.29, 0.717) is 11.1 Å². The number of ether oxygens (including phenoxy) is 1. The molecule has 0 aliphatic carbocycles. The summed E-state index contributed by atoms with van der Waals surface area (Å²) in [5, 5.41) is 25.3. The van der Waals surface area contributed by atoms with E-state index < -0.39 is 29.7 Å². The number of nitrogens with one attached hydrogen (secondary N) is 2. The first-order chi connectivity index (χ1) is 18.3. The van der Waals surface area contributed by atoms with Crippen LogP contribution in [0.5, 0.6) is 5.75 Å². The summed E-state index contributed by atoms with van der Waals surface area (Å²) in [6, 6.07) is 11.3. The number of aliphatic hydroxyl groups excluding tert-OH is 1. The van der Waals surface area contributed by atoms with E-state index in [2.05, 4.69) is 10.6 Å². The molecule has 0 aromatic heterocycles. The lowest BCUT2D eigenvalue weighted by molar-refractivity contribution is -0.143. The summed E-state index contributed by atoms with van der Waals surface area (Å²) in [5.74, 6) is -0.852. The number of aliphatic hydroxyl groups is 1. The minimum Gasteiger partial charge on any atom is -0.508 e. The van der Waals surface area contributed by atoms with Crippen LogP contribution in [0.2, 0.25) is 0 Å². The van der Waals surface area contributed by atoms with Gasteiger partial charge in [0.05, 0.1) is 6.61 Å². The van der Waals surface area contributed by atoms with Gasteiger partial charge in [-0.2, -0.15) is 0 Å². The van der Waals surface area contributed by atoms with Gasteiger partial charge in [0.1, 0.15) is 23.4 Å². The van der Waals surface area contributed by atoms with Crippen LogP contribution in [-0.4, -0.2) is 63.9 Å². The van der Waals surface area contributed by atoms with E-state index in [0.717, 1.165) is 18.4 Å². The van der Waals surface area contributed by atoms with Gasteiger partial charge in [-0.3, -0.25) is 9.59 Å². The second-order valence-electron chi connectivity index (χ2n) is 10.8. The summed E-state index contributed by atoms with van der Waals surface area (Å²) in [6.07, 6.45) is 0.944. The molecule has 39 heavy (non-hydrogen) atoms. The molecule has 3 amide bonds. The smallest absolute Gasteiger partial charge is 0.408 e. The van der Waals surface area contributed by atoms with Crippen LogP contribution in [0.1, 0.15) is 70.2 Å². The van der Waals surface area contributed by atoms with Crippen molar-refractivity contribution in [2.24, 2.45) is 0 Å². The molecule has 0 saturated heterocycles. The summed E-state index contributed by atoms with van der Waals surface area (Å²) in [7, 11) is 0. The summed E-state index contributed by atoms with van der Waals surface area (Å²) < 4.78 is 5.41. The first kappa shape index (κ1) is 31.6. The third kappa shape index (κ3) is 10.2. The van der Waals surface area contributed by atoms with Crippen molar-refractivity contribution in [1.29, 1.82) is 0 Å². The van der Waals surface area contributed by atoms with Gasteiger partial charge in [-0.05, 0) is 64.3 Å². The minimum atomic E-state index is -1.11. The van der Waals surface area contributed by atoms with Crippen molar-refractivity contribution in [3.63, 3.8) is 0 Å². The topological polar surface area (TPSA) is 128 Å². The zero-order chi connectivity index (χ0) is 29.2. The van der Waals surface area contributed by atoms with E-state index in [9.17, 15) is 24.6 Å². The zero-order valence-corrected chi connectivity index (χ0v) is 23.9. The average Bonchev–Trinajstić information content (AvgIpc) is 2.84. The maximum Gasteiger partial charge on any atom is 0.408 e. The van der Waals surface area contributed by atoms with Gasteiger partial charge in [-0.25, -0.2) is 4.79 Å². The molecule has 0 aliphatic heterocycles. The highest BCUT2D eigenvalue weighted by molar-refractivity contribution is 5.92. The number of carbonyl (C=O) groups excluding carboxylic acids is 3. The SMILES string of the molecule is CCCC(C)NC(=O)C(c1ccc(C)cc1)N(CCO)C(=O)C(Cc1ccc(O)cc1)NC(=O)OC(C)(C)C. The fraction of sp³-hybridized carbons (Fsp3) is 0.500. The lowest BCUT2D eigenvalue weighted by atomic mass is 9.99. The molecule has 0 bridgehead atoms. The highest BCUT2D eigenvalue weighted by Crippen LogP contribution is 2.24. The first-order valence-electron chi connectivity index (χ1n) is 13.4. The standard InChI is InChI=1S/C30H43N3O6/c1-7-8-21(3)31-27(36)26(23-13-9-20(2)10-14-23)33(17-18-34)28(37)25(32-29(38)39-30(4,5)6)19-22-11-15-24(35)16-12-22/h9-16,21,25-26,34-35H,7-8,17-19H2,1-6H3,(H,31,36)(H,32,38). The fourth-order valence-corrected chi connectivity index (χ4v) is 4.24. The third-order valence-corrected chi connectivity index (χ3v) is 6.05. The van der Waals surface area contributed by atoms with Crippen molar-refractivity contribution in [2.45, 2.75) is 84.5 Å². The van der Waals surface area contributed by atoms with Crippen molar-refractivity contribution in [3.05, 3.63) is 65.2 Å². The lowest BCUT2D eigenvalue weighted by Gasteiger charge is -2.34. The predicted octanol–water partition coefficient (Wildman–Crippen LogP) is 4.00. The number of hydrogen-bond acceptors (Lipinski definition) is 6. The molecule has 2 aromatic rings. The molecule has 0 heterocycles. The van der Waals surface area contributed by atoms with Gasteiger partial charge in [-0.15, -0.1) is 0 Å². The Morgan fingerprint density at radius 2 is 1.62 bits per heavy atom. The van der Waals surface area contributed by atoms with Crippen LogP contribution in [0.25, 0.3) is 0 Å². The van der Waals surface area contributed by atoms with E-state index >= 15 is 0 Å². The van der Waals surface area contributed by atoms with Crippen LogP contribution in [0, 0.1) is 6.92 Å². The third-order valence-electron chi connectivity index (χ3n) is 6.05. The van der Waals surface area contributed by atoms with Crippen LogP contribution < -0.4 is 10.6 Å². The van der Waals surface area contributed by atoms with Crippen molar-refractivity contribution in [2.75, 3.05) is 13.2 Å². The molecule has 214 valence electrons. The monoisotopic (exact) mass is 541 g/mol. The number of hydrogen-bond donors (Lipinski definition) is 4. The first-order valence-corrected chi connectivity index (χ1v) is 13.4. The Kier molecular flexibility index (Phi) is 11.8. The molecule has 2 aromatic carbocycles. The molecular formula is C30H43N3O6. The van der Waals surface area contributed by atoms with Crippen LogP contribution in [0.15, 0.2) is 48.5 Å². The molecule has 0 radical (unpaired) electrons. The van der Waals surface area contributed by atoms with Crippen LogP contribution in [-0.2, 0) is 20.7 Å². The number of aromatic hydroxyl groups is 1. The molecule has 0 saturated carbocycles. The highest BCUT2D eigenvalue weighted by Gasteiger charge is 2.36. The number of aryl methyl sites for hydroxylation is 1. The van der Waals surface area contributed by atoms with Crippen molar-refractivity contribution < 1.29 is 29.3 Å². The van der Waals surface area contributed by atoms with E-state index in [1.165, 1.54) is 17.0 Å². The molecule has 3 unspecified atom stereocenters. The van der Waals surface area contributed by atoms with E-state index in [4.69, 9.17) is 4.74 Å². The Bertz CT molecular complexity index is 1080. The molecule has 2 rings (SSSR count). The van der Waals surface area contributed by atoms with E-state index in [1.54, 1.807) is 45.0 Å². The molecule has 9 heteroatoms. The summed E-state index contributed by atoms with van der Waals surface area (Å²) in [4.78, 5) is 41.8. The van der Waals surface area contributed by atoms with Crippen molar-refractivity contribution >= 4 is 17.9 Å². The Balaban J connectivity index is 2.51. The number of benzene rings is 2. The van der Waals surface area contributed by atoms with Gasteiger partial charge in [0.15, 0.2) is 0 Å². The number of nitrogens with zero attached hydrogens (tertiary/aromatic N) is 1. The lowest BCUT2D eigenvalue weighted by Crippen LogP contribution is -2.55. The Labute approximate surface area is 231 Å². The van der Waals surface area contributed by atoms with Gasteiger partial charge in [0.25, 0.3) is 0 Å². The molecule has 4 N–H and O–H groups in total. The van der Waals surface area contributed by atoms with Gasteiger partial charge in [0.2, 0.25) is 11.8 Å².